The highest BCUT2D eigenvalue weighted by Gasteiger charge is 2.30. The maximum atomic E-state index is 12.3. The van der Waals surface area contributed by atoms with Gasteiger partial charge in [0.2, 0.25) is 5.91 Å². The van der Waals surface area contributed by atoms with Gasteiger partial charge in [-0.05, 0) is 12.8 Å². The first-order valence-corrected chi connectivity index (χ1v) is 8.49. The highest BCUT2D eigenvalue weighted by Crippen LogP contribution is 2.13. The van der Waals surface area contributed by atoms with Gasteiger partial charge in [-0.3, -0.25) is 14.4 Å². The van der Waals surface area contributed by atoms with E-state index in [0.29, 0.717) is 5.91 Å². The predicted octanol–water partition coefficient (Wildman–Crippen LogP) is 0.969. The van der Waals surface area contributed by atoms with Crippen molar-refractivity contribution in [1.29, 1.82) is 0 Å². The average Bonchev–Trinajstić information content (AvgIpc) is 2.74. The van der Waals surface area contributed by atoms with Crippen LogP contribution in [0.3, 0.4) is 0 Å². The molecule has 23 heavy (non-hydrogen) atoms. The van der Waals surface area contributed by atoms with E-state index in [1.54, 1.807) is 0 Å². The molecule has 7 heteroatoms. The van der Waals surface area contributed by atoms with E-state index in [1.807, 2.05) is 10.9 Å². The second-order valence-electron chi connectivity index (χ2n) is 6.42. The summed E-state index contributed by atoms with van der Waals surface area (Å²) in [6.07, 6.45) is 6.30. The lowest BCUT2D eigenvalue weighted by molar-refractivity contribution is -0.136. The molecule has 0 spiro atoms. The van der Waals surface area contributed by atoms with Gasteiger partial charge in [-0.1, -0.05) is 6.92 Å². The minimum Gasteiger partial charge on any atom is -0.341 e. The van der Waals surface area contributed by atoms with Gasteiger partial charge in [0.1, 0.15) is 0 Å². The van der Waals surface area contributed by atoms with Gasteiger partial charge >= 0.3 is 0 Å². The van der Waals surface area contributed by atoms with Crippen molar-refractivity contribution in [2.75, 3.05) is 39.3 Å². The van der Waals surface area contributed by atoms with Crippen molar-refractivity contribution in [3.05, 3.63) is 18.0 Å². The highest BCUT2D eigenvalue weighted by molar-refractivity contribution is 5.85. The molecule has 2 aliphatic heterocycles. The van der Waals surface area contributed by atoms with Crippen molar-refractivity contribution in [3.63, 3.8) is 0 Å². The van der Waals surface area contributed by atoms with Gasteiger partial charge < -0.3 is 10.2 Å². The SMILES string of the molecule is CCCn1cc(CN2CCCN(C(=O)C3CNC3)CC2)cn1.Cl. The monoisotopic (exact) mass is 341 g/mol. The summed E-state index contributed by atoms with van der Waals surface area (Å²) in [5.74, 6) is 0.565. The Bertz CT molecular complexity index is 502. The number of aromatic nitrogens is 2. The predicted molar refractivity (Wildman–Crippen MR) is 92.6 cm³/mol. The molecule has 2 fully saturated rings. The minimum absolute atomic E-state index is 0. The van der Waals surface area contributed by atoms with Crippen LogP contribution in [0.5, 0.6) is 0 Å². The lowest BCUT2D eigenvalue weighted by atomic mass is 10.0. The van der Waals surface area contributed by atoms with Crippen LogP contribution < -0.4 is 5.32 Å². The number of nitrogens with one attached hydrogen (secondary N) is 1. The Balaban J connectivity index is 0.00000192. The number of nitrogens with zero attached hydrogens (tertiary/aromatic N) is 4. The van der Waals surface area contributed by atoms with Gasteiger partial charge in [-0.2, -0.15) is 5.10 Å². The van der Waals surface area contributed by atoms with Crippen molar-refractivity contribution in [3.8, 4) is 0 Å². The Morgan fingerprint density at radius 1 is 1.30 bits per heavy atom. The van der Waals surface area contributed by atoms with Crippen molar-refractivity contribution >= 4 is 18.3 Å². The van der Waals surface area contributed by atoms with Gasteiger partial charge in [0, 0.05) is 64.1 Å². The van der Waals surface area contributed by atoms with Gasteiger partial charge in [0.25, 0.3) is 0 Å². The fourth-order valence-electron chi connectivity index (χ4n) is 3.17. The van der Waals surface area contributed by atoms with Gasteiger partial charge in [-0.25, -0.2) is 0 Å². The van der Waals surface area contributed by atoms with Gasteiger partial charge in [0.15, 0.2) is 0 Å². The molecule has 2 aliphatic rings. The molecule has 6 nitrogen and oxygen atoms in total. The van der Waals surface area contributed by atoms with E-state index >= 15 is 0 Å². The van der Waals surface area contributed by atoms with Crippen molar-refractivity contribution in [2.45, 2.75) is 32.9 Å². The lowest BCUT2D eigenvalue weighted by Crippen LogP contribution is -2.52. The second-order valence-corrected chi connectivity index (χ2v) is 6.42. The molecule has 0 saturated carbocycles. The molecule has 2 saturated heterocycles. The molecule has 130 valence electrons. The summed E-state index contributed by atoms with van der Waals surface area (Å²) in [4.78, 5) is 16.8. The maximum Gasteiger partial charge on any atom is 0.228 e. The largest absolute Gasteiger partial charge is 0.341 e. The van der Waals surface area contributed by atoms with Crippen LogP contribution >= 0.6 is 12.4 Å². The number of halogens is 1. The summed E-state index contributed by atoms with van der Waals surface area (Å²) in [5, 5.41) is 7.58. The van der Waals surface area contributed by atoms with E-state index in [2.05, 4.69) is 33.3 Å². The zero-order valence-electron chi connectivity index (χ0n) is 13.9. The Morgan fingerprint density at radius 3 is 2.83 bits per heavy atom. The second kappa shape index (κ2) is 8.66. The first-order chi connectivity index (χ1) is 10.8. The third kappa shape index (κ3) is 4.68. The Hall–Kier alpha value is -1.11. The molecule has 1 aromatic heterocycles. The van der Waals surface area contributed by atoms with Crippen LogP contribution in [0.4, 0.5) is 0 Å². The number of rotatable bonds is 5. The molecule has 1 N–H and O–H groups in total. The smallest absolute Gasteiger partial charge is 0.228 e. The quantitative estimate of drug-likeness (QED) is 0.867. The molecule has 1 aromatic rings. The molecule has 3 rings (SSSR count). The summed E-state index contributed by atoms with van der Waals surface area (Å²) in [6.45, 7) is 9.59. The molecular weight excluding hydrogens is 314 g/mol. The van der Waals surface area contributed by atoms with Crippen LogP contribution in [0.15, 0.2) is 12.4 Å². The Labute approximate surface area is 144 Å². The summed E-state index contributed by atoms with van der Waals surface area (Å²) < 4.78 is 2.02. The zero-order valence-corrected chi connectivity index (χ0v) is 14.7. The number of hydrogen-bond donors (Lipinski definition) is 1. The van der Waals surface area contributed by atoms with Gasteiger partial charge in [0.05, 0.1) is 12.1 Å². The average molecular weight is 342 g/mol. The summed E-state index contributed by atoms with van der Waals surface area (Å²) in [7, 11) is 0. The number of aryl methyl sites for hydroxylation is 1. The fraction of sp³-hybridized carbons (Fsp3) is 0.750. The van der Waals surface area contributed by atoms with Crippen LogP contribution in [0, 0.1) is 5.92 Å². The number of carbonyl (C=O) groups is 1. The zero-order chi connectivity index (χ0) is 15.4. The standard InChI is InChI=1S/C16H27N5O.ClH/c1-2-4-21-13-14(9-18-21)12-19-5-3-6-20(8-7-19)16(22)15-10-17-11-15;/h9,13,15,17H,2-8,10-12H2,1H3;1H. The normalized spacial score (nSPS) is 19.8. The third-order valence-electron chi connectivity index (χ3n) is 4.58. The summed E-state index contributed by atoms with van der Waals surface area (Å²) >= 11 is 0. The van der Waals surface area contributed by atoms with Crippen LogP contribution in [-0.4, -0.2) is 64.8 Å². The molecule has 0 aromatic carbocycles. The van der Waals surface area contributed by atoms with E-state index in [-0.39, 0.29) is 18.3 Å². The number of amides is 1. The Morgan fingerprint density at radius 2 is 2.13 bits per heavy atom. The van der Waals surface area contributed by atoms with Crippen LogP contribution in [-0.2, 0) is 17.9 Å². The molecule has 0 bridgehead atoms. The Kier molecular flexibility index (Phi) is 6.87. The first kappa shape index (κ1) is 18.2. The van der Waals surface area contributed by atoms with Crippen LogP contribution in [0.1, 0.15) is 25.3 Å². The molecule has 3 heterocycles. The molecular formula is C16H28ClN5O. The molecule has 1 amide bonds. The van der Waals surface area contributed by atoms with Crippen molar-refractivity contribution in [1.82, 2.24) is 24.9 Å². The van der Waals surface area contributed by atoms with Crippen molar-refractivity contribution < 1.29 is 4.79 Å². The lowest BCUT2D eigenvalue weighted by Gasteiger charge is -2.31. The topological polar surface area (TPSA) is 53.4 Å². The van der Waals surface area contributed by atoms with Gasteiger partial charge in [-0.15, -0.1) is 12.4 Å². The molecule has 0 atom stereocenters. The number of hydrogen-bond acceptors (Lipinski definition) is 4. The van der Waals surface area contributed by atoms with Crippen molar-refractivity contribution in [2.24, 2.45) is 5.92 Å². The maximum absolute atomic E-state index is 12.3. The van der Waals surface area contributed by atoms with E-state index < -0.39 is 0 Å². The molecule has 0 radical (unpaired) electrons. The minimum atomic E-state index is 0. The third-order valence-corrected chi connectivity index (χ3v) is 4.58. The summed E-state index contributed by atoms with van der Waals surface area (Å²) in [5.41, 5.74) is 1.27. The van der Waals surface area contributed by atoms with E-state index in [1.165, 1.54) is 5.56 Å². The van der Waals surface area contributed by atoms with E-state index in [0.717, 1.165) is 65.2 Å². The molecule has 0 aliphatic carbocycles. The molecule has 0 unspecified atom stereocenters. The van der Waals surface area contributed by atoms with Crippen LogP contribution in [0.25, 0.3) is 0 Å². The van der Waals surface area contributed by atoms with E-state index in [4.69, 9.17) is 0 Å². The number of carbonyl (C=O) groups excluding carboxylic acids is 1. The summed E-state index contributed by atoms with van der Waals surface area (Å²) in [6, 6.07) is 0. The fourth-order valence-corrected chi connectivity index (χ4v) is 3.17. The first-order valence-electron chi connectivity index (χ1n) is 8.49. The van der Waals surface area contributed by atoms with E-state index in [9.17, 15) is 4.79 Å². The highest BCUT2D eigenvalue weighted by atomic mass is 35.5. The van der Waals surface area contributed by atoms with Crippen LogP contribution in [0.2, 0.25) is 0 Å².